The Balaban J connectivity index is 2.21. The zero-order valence-electron chi connectivity index (χ0n) is 10.0. The van der Waals surface area contributed by atoms with Crippen LogP contribution in [0.2, 0.25) is 9.36 Å². The van der Waals surface area contributed by atoms with Gasteiger partial charge in [0, 0.05) is 13.5 Å². The third-order valence-electron chi connectivity index (χ3n) is 2.67. The number of nitrogens with zero attached hydrogens (tertiary/aromatic N) is 3. The highest BCUT2D eigenvalue weighted by atomic mass is 35.5. The standard InChI is InChI=1S/C11H13Cl2N3OS/c1-3-6-10(13)7(16(2)15-6)4-8(17)11-14-5-9(12)18-11/h5,8,17H,3-4H2,1-2H3. The Morgan fingerprint density at radius 2 is 2.22 bits per heavy atom. The highest BCUT2D eigenvalue weighted by Crippen LogP contribution is 2.29. The number of rotatable bonds is 4. The molecule has 1 unspecified atom stereocenters. The van der Waals surface area contributed by atoms with Crippen molar-refractivity contribution in [2.45, 2.75) is 25.9 Å². The summed E-state index contributed by atoms with van der Waals surface area (Å²) in [4.78, 5) is 4.06. The molecule has 98 valence electrons. The summed E-state index contributed by atoms with van der Waals surface area (Å²) in [6.45, 7) is 2.00. The molecule has 0 bridgehead atoms. The number of aliphatic hydroxyl groups is 1. The van der Waals surface area contributed by atoms with Gasteiger partial charge in [0.25, 0.3) is 0 Å². The van der Waals surface area contributed by atoms with E-state index >= 15 is 0 Å². The molecule has 2 aromatic heterocycles. The molecule has 2 rings (SSSR count). The summed E-state index contributed by atoms with van der Waals surface area (Å²) in [5, 5.41) is 15.6. The summed E-state index contributed by atoms with van der Waals surface area (Å²) >= 11 is 13.3. The Morgan fingerprint density at radius 3 is 2.72 bits per heavy atom. The maximum Gasteiger partial charge on any atom is 0.123 e. The molecule has 0 amide bonds. The first-order chi connectivity index (χ1) is 8.52. The zero-order chi connectivity index (χ0) is 13.3. The van der Waals surface area contributed by atoms with E-state index in [9.17, 15) is 5.11 Å². The molecule has 1 atom stereocenters. The molecule has 0 saturated carbocycles. The minimum absolute atomic E-state index is 0.381. The second-order valence-electron chi connectivity index (χ2n) is 3.91. The molecule has 2 heterocycles. The Labute approximate surface area is 119 Å². The van der Waals surface area contributed by atoms with Crippen LogP contribution in [0.25, 0.3) is 0 Å². The van der Waals surface area contributed by atoms with Crippen molar-refractivity contribution in [3.63, 3.8) is 0 Å². The van der Waals surface area contributed by atoms with Gasteiger partial charge in [-0.2, -0.15) is 5.10 Å². The second kappa shape index (κ2) is 5.57. The highest BCUT2D eigenvalue weighted by Gasteiger charge is 2.19. The molecular formula is C11H13Cl2N3OS. The average Bonchev–Trinajstić information content (AvgIpc) is 2.87. The number of hydrogen-bond acceptors (Lipinski definition) is 4. The first kappa shape index (κ1) is 13.8. The van der Waals surface area contributed by atoms with Gasteiger partial charge in [0.05, 0.1) is 22.6 Å². The van der Waals surface area contributed by atoms with Crippen LogP contribution in [-0.2, 0) is 19.9 Å². The monoisotopic (exact) mass is 305 g/mol. The summed E-state index contributed by atoms with van der Waals surface area (Å²) in [6.07, 6.45) is 1.98. The summed E-state index contributed by atoms with van der Waals surface area (Å²) < 4.78 is 2.27. The van der Waals surface area contributed by atoms with Crippen molar-refractivity contribution >= 4 is 34.5 Å². The van der Waals surface area contributed by atoms with Crippen LogP contribution in [-0.4, -0.2) is 19.9 Å². The predicted octanol–water partition coefficient (Wildman–Crippen LogP) is 3.02. The quantitative estimate of drug-likeness (QED) is 0.944. The van der Waals surface area contributed by atoms with Crippen molar-refractivity contribution in [1.82, 2.24) is 14.8 Å². The van der Waals surface area contributed by atoms with Gasteiger partial charge in [0.15, 0.2) is 0 Å². The van der Waals surface area contributed by atoms with Gasteiger partial charge in [-0.15, -0.1) is 11.3 Å². The molecule has 0 spiro atoms. The summed E-state index contributed by atoms with van der Waals surface area (Å²) in [6, 6.07) is 0. The Bertz CT molecular complexity index is 552. The van der Waals surface area contributed by atoms with E-state index in [-0.39, 0.29) is 0 Å². The predicted molar refractivity (Wildman–Crippen MR) is 73.4 cm³/mol. The summed E-state index contributed by atoms with van der Waals surface area (Å²) in [7, 11) is 1.82. The minimum atomic E-state index is -0.708. The van der Waals surface area contributed by atoms with Crippen LogP contribution in [0.1, 0.15) is 29.4 Å². The van der Waals surface area contributed by atoms with E-state index in [1.807, 2.05) is 14.0 Å². The van der Waals surface area contributed by atoms with Crippen LogP contribution in [0, 0.1) is 0 Å². The minimum Gasteiger partial charge on any atom is -0.386 e. The van der Waals surface area contributed by atoms with Crippen molar-refractivity contribution in [1.29, 1.82) is 0 Å². The van der Waals surface area contributed by atoms with Gasteiger partial charge < -0.3 is 5.11 Å². The fourth-order valence-corrected chi connectivity index (χ4v) is 3.02. The molecule has 2 aromatic rings. The normalized spacial score (nSPS) is 12.9. The van der Waals surface area contributed by atoms with Crippen LogP contribution >= 0.6 is 34.5 Å². The Kier molecular flexibility index (Phi) is 4.27. The molecule has 0 aliphatic heterocycles. The third kappa shape index (κ3) is 2.69. The van der Waals surface area contributed by atoms with Gasteiger partial charge in [-0.25, -0.2) is 4.98 Å². The van der Waals surface area contributed by atoms with Gasteiger partial charge in [0.2, 0.25) is 0 Å². The fourth-order valence-electron chi connectivity index (χ4n) is 1.73. The van der Waals surface area contributed by atoms with E-state index in [1.165, 1.54) is 17.5 Å². The van der Waals surface area contributed by atoms with E-state index in [2.05, 4.69) is 10.1 Å². The molecule has 0 fully saturated rings. The third-order valence-corrected chi connectivity index (χ3v) is 4.32. The first-order valence-electron chi connectivity index (χ1n) is 5.52. The van der Waals surface area contributed by atoms with Crippen LogP contribution in [0.4, 0.5) is 0 Å². The Morgan fingerprint density at radius 1 is 1.50 bits per heavy atom. The molecule has 18 heavy (non-hydrogen) atoms. The molecular weight excluding hydrogens is 293 g/mol. The van der Waals surface area contributed by atoms with Crippen molar-refractivity contribution in [3.05, 3.63) is 32.0 Å². The van der Waals surface area contributed by atoms with E-state index < -0.39 is 6.10 Å². The van der Waals surface area contributed by atoms with E-state index in [0.29, 0.717) is 20.8 Å². The van der Waals surface area contributed by atoms with Crippen LogP contribution in [0.5, 0.6) is 0 Å². The van der Waals surface area contributed by atoms with Crippen molar-refractivity contribution < 1.29 is 5.11 Å². The number of aromatic nitrogens is 3. The lowest BCUT2D eigenvalue weighted by Crippen LogP contribution is -2.06. The first-order valence-corrected chi connectivity index (χ1v) is 7.09. The SMILES string of the molecule is CCc1nn(C)c(CC(O)c2ncc(Cl)s2)c1Cl. The van der Waals surface area contributed by atoms with Gasteiger partial charge >= 0.3 is 0 Å². The molecule has 0 radical (unpaired) electrons. The van der Waals surface area contributed by atoms with Crippen molar-refractivity contribution in [3.8, 4) is 0 Å². The molecule has 0 aliphatic rings. The van der Waals surface area contributed by atoms with Gasteiger partial charge in [-0.05, 0) is 6.42 Å². The van der Waals surface area contributed by atoms with Crippen LogP contribution in [0.3, 0.4) is 0 Å². The van der Waals surface area contributed by atoms with E-state index in [4.69, 9.17) is 23.2 Å². The molecule has 0 aliphatic carbocycles. The molecule has 0 aromatic carbocycles. The molecule has 1 N–H and O–H groups in total. The molecule has 4 nitrogen and oxygen atoms in total. The number of aryl methyl sites for hydroxylation is 2. The maximum absolute atomic E-state index is 10.1. The smallest absolute Gasteiger partial charge is 0.123 e. The van der Waals surface area contributed by atoms with Crippen molar-refractivity contribution in [2.75, 3.05) is 0 Å². The largest absolute Gasteiger partial charge is 0.386 e. The van der Waals surface area contributed by atoms with E-state index in [0.717, 1.165) is 17.8 Å². The number of halogens is 2. The maximum atomic E-state index is 10.1. The lowest BCUT2D eigenvalue weighted by Gasteiger charge is -2.08. The van der Waals surface area contributed by atoms with Crippen molar-refractivity contribution in [2.24, 2.45) is 7.05 Å². The van der Waals surface area contributed by atoms with Crippen LogP contribution in [0.15, 0.2) is 6.20 Å². The van der Waals surface area contributed by atoms with Crippen LogP contribution < -0.4 is 0 Å². The average molecular weight is 306 g/mol. The number of thiazole rings is 1. The Hall–Kier alpha value is -0.620. The molecule has 0 saturated heterocycles. The lowest BCUT2D eigenvalue weighted by atomic mass is 10.2. The topological polar surface area (TPSA) is 50.9 Å². The zero-order valence-corrected chi connectivity index (χ0v) is 12.4. The summed E-state index contributed by atoms with van der Waals surface area (Å²) in [5.74, 6) is 0. The van der Waals surface area contributed by atoms with Gasteiger partial charge in [-0.3, -0.25) is 4.68 Å². The lowest BCUT2D eigenvalue weighted by molar-refractivity contribution is 0.175. The van der Waals surface area contributed by atoms with Gasteiger partial charge in [-0.1, -0.05) is 30.1 Å². The fraction of sp³-hybridized carbons (Fsp3) is 0.455. The summed E-state index contributed by atoms with van der Waals surface area (Å²) in [5.41, 5.74) is 1.66. The number of hydrogen-bond donors (Lipinski definition) is 1. The number of aliphatic hydroxyl groups excluding tert-OH is 1. The second-order valence-corrected chi connectivity index (χ2v) is 5.98. The van der Waals surface area contributed by atoms with Gasteiger partial charge in [0.1, 0.15) is 15.4 Å². The molecule has 7 heteroatoms. The highest BCUT2D eigenvalue weighted by molar-refractivity contribution is 7.15. The van der Waals surface area contributed by atoms with E-state index in [1.54, 1.807) is 4.68 Å².